The van der Waals surface area contributed by atoms with Crippen molar-refractivity contribution in [2.45, 2.75) is 57.3 Å². The Morgan fingerprint density at radius 3 is 2.38 bits per heavy atom. The SMILES string of the molecule is CCC(C)C(NC(=O)C(N)Cc1cnc[nH]1)C(=O)NC(CS)C(=O)NC(Cc1c[nH]c2ccccc12)C(=O)O. The fourth-order valence-corrected chi connectivity index (χ4v) is 4.39. The third-order valence-electron chi connectivity index (χ3n) is 6.65. The molecule has 0 aliphatic carbocycles. The molecule has 3 aromatic rings. The predicted octanol–water partition coefficient (Wildman–Crippen LogP) is 0.518. The van der Waals surface area contributed by atoms with Crippen molar-refractivity contribution in [1.82, 2.24) is 30.9 Å². The summed E-state index contributed by atoms with van der Waals surface area (Å²) >= 11 is 4.19. The number of benzene rings is 1. The third kappa shape index (κ3) is 7.83. The molecule has 5 atom stereocenters. The van der Waals surface area contributed by atoms with E-state index in [2.05, 4.69) is 43.5 Å². The van der Waals surface area contributed by atoms with Gasteiger partial charge >= 0.3 is 5.97 Å². The zero-order valence-electron chi connectivity index (χ0n) is 21.8. The Labute approximate surface area is 231 Å². The number of aromatic amines is 2. The van der Waals surface area contributed by atoms with Crippen molar-refractivity contribution in [3.05, 3.63) is 54.2 Å². The summed E-state index contributed by atoms with van der Waals surface area (Å²) in [6.07, 6.45) is 5.56. The normalized spacial score (nSPS) is 15.1. The summed E-state index contributed by atoms with van der Waals surface area (Å²) in [7, 11) is 0. The Balaban J connectivity index is 1.65. The number of nitrogens with two attached hydrogens (primary N) is 1. The number of hydrogen-bond donors (Lipinski definition) is 8. The molecular formula is C26H35N7O5S. The molecule has 0 spiro atoms. The minimum absolute atomic E-state index is 0.0398. The molecule has 0 fully saturated rings. The van der Waals surface area contributed by atoms with Gasteiger partial charge < -0.3 is 36.8 Å². The van der Waals surface area contributed by atoms with Crippen molar-refractivity contribution in [3.8, 4) is 0 Å². The van der Waals surface area contributed by atoms with Crippen LogP contribution in [0.25, 0.3) is 10.9 Å². The number of H-pyrrole nitrogens is 2. The molecule has 12 nitrogen and oxygen atoms in total. The van der Waals surface area contributed by atoms with Gasteiger partial charge in [0.25, 0.3) is 0 Å². The number of amides is 3. The van der Waals surface area contributed by atoms with Crippen LogP contribution in [0.15, 0.2) is 43.0 Å². The average molecular weight is 558 g/mol. The molecule has 5 unspecified atom stereocenters. The van der Waals surface area contributed by atoms with Crippen molar-refractivity contribution >= 4 is 47.2 Å². The number of imidazole rings is 1. The Morgan fingerprint density at radius 1 is 1.03 bits per heavy atom. The number of carbonyl (C=O) groups excluding carboxylic acids is 3. The van der Waals surface area contributed by atoms with Crippen LogP contribution in [0, 0.1) is 5.92 Å². The minimum atomic E-state index is -1.23. The number of carboxylic acid groups (broad SMARTS) is 1. The van der Waals surface area contributed by atoms with Crippen LogP contribution in [0.1, 0.15) is 31.5 Å². The van der Waals surface area contributed by atoms with Crippen LogP contribution in [0.3, 0.4) is 0 Å². The highest BCUT2D eigenvalue weighted by molar-refractivity contribution is 7.80. The first-order valence-corrected chi connectivity index (χ1v) is 13.3. The molecule has 1 aromatic carbocycles. The molecule has 0 aliphatic rings. The second kappa shape index (κ2) is 13.8. The van der Waals surface area contributed by atoms with Crippen LogP contribution in [0.5, 0.6) is 0 Å². The maximum Gasteiger partial charge on any atom is 0.326 e. The van der Waals surface area contributed by atoms with Crippen molar-refractivity contribution in [1.29, 1.82) is 0 Å². The number of thiol groups is 1. The molecule has 0 saturated heterocycles. The quantitative estimate of drug-likeness (QED) is 0.132. The van der Waals surface area contributed by atoms with E-state index in [-0.39, 0.29) is 24.5 Å². The van der Waals surface area contributed by atoms with Crippen molar-refractivity contribution in [3.63, 3.8) is 0 Å². The smallest absolute Gasteiger partial charge is 0.326 e. The van der Waals surface area contributed by atoms with E-state index in [0.717, 1.165) is 16.5 Å². The number of aromatic nitrogens is 3. The Morgan fingerprint density at radius 2 is 1.74 bits per heavy atom. The van der Waals surface area contributed by atoms with E-state index in [1.807, 2.05) is 31.2 Å². The second-order valence-electron chi connectivity index (χ2n) is 9.47. The van der Waals surface area contributed by atoms with E-state index in [0.29, 0.717) is 12.1 Å². The van der Waals surface area contributed by atoms with Crippen LogP contribution >= 0.6 is 12.6 Å². The van der Waals surface area contributed by atoms with Crippen molar-refractivity contribution < 1.29 is 24.3 Å². The van der Waals surface area contributed by atoms with E-state index < -0.39 is 47.9 Å². The first-order valence-electron chi connectivity index (χ1n) is 12.7. The molecule has 0 saturated carbocycles. The van der Waals surface area contributed by atoms with Crippen molar-refractivity contribution in [2.24, 2.45) is 11.7 Å². The van der Waals surface area contributed by atoms with E-state index in [4.69, 9.17) is 5.73 Å². The number of nitrogens with one attached hydrogen (secondary N) is 5. The van der Waals surface area contributed by atoms with Crippen LogP contribution in [0.2, 0.25) is 0 Å². The molecule has 0 radical (unpaired) electrons. The summed E-state index contributed by atoms with van der Waals surface area (Å²) in [6.45, 7) is 3.66. The van der Waals surface area contributed by atoms with Gasteiger partial charge in [0, 0.05) is 47.6 Å². The monoisotopic (exact) mass is 557 g/mol. The van der Waals surface area contributed by atoms with E-state index in [9.17, 15) is 24.3 Å². The van der Waals surface area contributed by atoms with Gasteiger partial charge in [0.1, 0.15) is 18.1 Å². The molecule has 2 aromatic heterocycles. The highest BCUT2D eigenvalue weighted by Crippen LogP contribution is 2.19. The summed E-state index contributed by atoms with van der Waals surface area (Å²) in [4.78, 5) is 60.8. The molecule has 8 N–H and O–H groups in total. The van der Waals surface area contributed by atoms with E-state index >= 15 is 0 Å². The zero-order chi connectivity index (χ0) is 28.5. The Kier molecular flexibility index (Phi) is 10.5. The van der Waals surface area contributed by atoms with Crippen LogP contribution < -0.4 is 21.7 Å². The van der Waals surface area contributed by atoms with Crippen LogP contribution in [-0.2, 0) is 32.0 Å². The molecule has 210 valence electrons. The highest BCUT2D eigenvalue weighted by atomic mass is 32.1. The minimum Gasteiger partial charge on any atom is -0.480 e. The Bertz CT molecular complexity index is 1280. The summed E-state index contributed by atoms with van der Waals surface area (Å²) in [5, 5.41) is 18.4. The number of aliphatic carboxylic acids is 1. The van der Waals surface area contributed by atoms with Crippen LogP contribution in [-0.4, -0.2) is 73.7 Å². The topological polar surface area (TPSA) is 195 Å². The third-order valence-corrected chi connectivity index (χ3v) is 7.02. The van der Waals surface area contributed by atoms with Gasteiger partial charge in [0.15, 0.2) is 0 Å². The number of hydrogen-bond acceptors (Lipinski definition) is 7. The largest absolute Gasteiger partial charge is 0.480 e. The molecule has 39 heavy (non-hydrogen) atoms. The number of fused-ring (bicyclic) bond motifs is 1. The lowest BCUT2D eigenvalue weighted by Gasteiger charge is -2.27. The number of rotatable bonds is 14. The lowest BCUT2D eigenvalue weighted by atomic mass is 9.97. The van der Waals surface area contributed by atoms with E-state index in [1.165, 1.54) is 6.33 Å². The maximum atomic E-state index is 13.2. The predicted molar refractivity (Wildman–Crippen MR) is 149 cm³/mol. The summed E-state index contributed by atoms with van der Waals surface area (Å²) in [5.74, 6) is -3.39. The first-order chi connectivity index (χ1) is 18.6. The number of para-hydroxylation sites is 1. The van der Waals surface area contributed by atoms with E-state index in [1.54, 1.807) is 19.3 Å². The molecule has 2 heterocycles. The molecule has 3 amide bonds. The molecule has 0 aliphatic heterocycles. The van der Waals surface area contributed by atoms with Gasteiger partial charge in [0.05, 0.1) is 12.4 Å². The van der Waals surface area contributed by atoms with Gasteiger partial charge in [0.2, 0.25) is 17.7 Å². The highest BCUT2D eigenvalue weighted by Gasteiger charge is 2.32. The molecule has 3 rings (SSSR count). The van der Waals surface area contributed by atoms with Crippen LogP contribution in [0.4, 0.5) is 0 Å². The zero-order valence-corrected chi connectivity index (χ0v) is 22.7. The number of carbonyl (C=O) groups is 4. The fraction of sp³-hybridized carbons (Fsp3) is 0.423. The summed E-state index contributed by atoms with van der Waals surface area (Å²) in [6, 6.07) is 3.19. The van der Waals surface area contributed by atoms with Gasteiger partial charge in [-0.2, -0.15) is 12.6 Å². The van der Waals surface area contributed by atoms with Gasteiger partial charge in [-0.3, -0.25) is 14.4 Å². The second-order valence-corrected chi connectivity index (χ2v) is 9.83. The lowest BCUT2D eigenvalue weighted by molar-refractivity contribution is -0.142. The first kappa shape index (κ1) is 29.7. The van der Waals surface area contributed by atoms with Gasteiger partial charge in [-0.25, -0.2) is 9.78 Å². The molecule has 0 bridgehead atoms. The molecular weight excluding hydrogens is 522 g/mol. The standard InChI is InChI=1S/C26H35N7O5S/c1-3-14(2)22(33-23(34)18(27)9-16-11-28-13-30-16)25(36)32-21(12-39)24(35)31-20(26(37)38)8-15-10-29-19-7-5-4-6-17(15)19/h4-7,10-11,13-14,18,20-22,29,39H,3,8-9,12,27H2,1-2H3,(H,28,30)(H,31,35)(H,32,36)(H,33,34)(H,37,38). The van der Waals surface area contributed by atoms with Crippen molar-refractivity contribution in [2.75, 3.05) is 5.75 Å². The Hall–Kier alpha value is -3.84. The summed E-state index contributed by atoms with van der Waals surface area (Å²) < 4.78 is 0. The number of carboxylic acids is 1. The molecule has 13 heteroatoms. The summed E-state index contributed by atoms with van der Waals surface area (Å²) in [5.41, 5.74) is 8.28. The van der Waals surface area contributed by atoms with Gasteiger partial charge in [-0.05, 0) is 17.5 Å². The maximum absolute atomic E-state index is 13.2. The lowest BCUT2D eigenvalue weighted by Crippen LogP contribution is -2.59. The number of nitrogens with zero attached hydrogens (tertiary/aromatic N) is 1. The fourth-order valence-electron chi connectivity index (χ4n) is 4.14. The van der Waals surface area contributed by atoms with Gasteiger partial charge in [-0.1, -0.05) is 38.5 Å². The average Bonchev–Trinajstić information content (AvgIpc) is 3.59. The van der Waals surface area contributed by atoms with Gasteiger partial charge in [-0.15, -0.1) is 0 Å².